The maximum Gasteiger partial charge on any atom is 0.228 e. The van der Waals surface area contributed by atoms with Crippen LogP contribution in [-0.4, -0.2) is 22.2 Å². The van der Waals surface area contributed by atoms with Crippen molar-refractivity contribution >= 4 is 11.7 Å². The Bertz CT molecular complexity index is 563. The van der Waals surface area contributed by atoms with Crippen molar-refractivity contribution in [3.05, 3.63) is 11.8 Å². The van der Waals surface area contributed by atoms with E-state index >= 15 is 0 Å². The van der Waals surface area contributed by atoms with Crippen LogP contribution in [0.1, 0.15) is 66.5 Å². The minimum atomic E-state index is -0.185. The third-order valence-corrected chi connectivity index (χ3v) is 4.66. The zero-order chi connectivity index (χ0) is 17.4. The van der Waals surface area contributed by atoms with Crippen molar-refractivity contribution in [2.24, 2.45) is 17.6 Å². The molecule has 0 radical (unpaired) electrons. The average molecular weight is 320 g/mol. The summed E-state index contributed by atoms with van der Waals surface area (Å²) in [5.74, 6) is 1.21. The Balaban J connectivity index is 2.28. The Labute approximate surface area is 140 Å². The molecule has 0 spiro atoms. The summed E-state index contributed by atoms with van der Waals surface area (Å²) in [7, 11) is 0. The quantitative estimate of drug-likeness (QED) is 0.898. The number of anilines is 1. The summed E-state index contributed by atoms with van der Waals surface area (Å²) in [6.45, 7) is 13.3. The Kier molecular flexibility index (Phi) is 4.90. The molecule has 0 aromatic carbocycles. The van der Waals surface area contributed by atoms with Crippen LogP contribution >= 0.6 is 0 Å². The van der Waals surface area contributed by atoms with Crippen LogP contribution in [0.3, 0.4) is 0 Å². The van der Waals surface area contributed by atoms with Gasteiger partial charge in [0.1, 0.15) is 5.82 Å². The lowest BCUT2D eigenvalue weighted by Crippen LogP contribution is -2.32. The third-order valence-electron chi connectivity index (χ3n) is 4.66. The first-order valence-electron chi connectivity index (χ1n) is 8.66. The summed E-state index contributed by atoms with van der Waals surface area (Å²) in [5, 5.41) is 7.87. The van der Waals surface area contributed by atoms with E-state index in [1.165, 1.54) is 0 Å². The van der Waals surface area contributed by atoms with Gasteiger partial charge in [0, 0.05) is 17.4 Å². The molecule has 1 aromatic heterocycles. The molecule has 2 atom stereocenters. The van der Waals surface area contributed by atoms with Gasteiger partial charge in [-0.3, -0.25) is 4.79 Å². The van der Waals surface area contributed by atoms with Crippen molar-refractivity contribution in [1.29, 1.82) is 0 Å². The van der Waals surface area contributed by atoms with Gasteiger partial charge in [-0.15, -0.1) is 0 Å². The van der Waals surface area contributed by atoms with E-state index in [9.17, 15) is 4.79 Å². The molecule has 5 nitrogen and oxygen atoms in total. The Hall–Kier alpha value is -1.36. The van der Waals surface area contributed by atoms with Crippen LogP contribution in [0.2, 0.25) is 0 Å². The van der Waals surface area contributed by atoms with Gasteiger partial charge in [-0.1, -0.05) is 27.2 Å². The number of nitrogens with zero attached hydrogens (tertiary/aromatic N) is 2. The lowest BCUT2D eigenvalue weighted by Gasteiger charge is -2.24. The summed E-state index contributed by atoms with van der Waals surface area (Å²) in [4.78, 5) is 12.7. The molecule has 1 heterocycles. The standard InChI is InChI=1S/C18H32N4O/c1-17(2,3)14-10-15(22(21-14)18(4,5)6)20-16(23)13-9-7-8-12(13)11-19/h10,12-13H,7-9,11,19H2,1-6H3,(H,20,23)/t12-,13-/m1/s1. The Morgan fingerprint density at radius 3 is 2.48 bits per heavy atom. The predicted molar refractivity (Wildman–Crippen MR) is 94.4 cm³/mol. The second kappa shape index (κ2) is 6.27. The minimum absolute atomic E-state index is 0.0291. The van der Waals surface area contributed by atoms with Crippen molar-refractivity contribution in [2.75, 3.05) is 11.9 Å². The first-order valence-corrected chi connectivity index (χ1v) is 8.66. The molecule has 0 bridgehead atoms. The second-order valence-corrected chi connectivity index (χ2v) is 8.77. The summed E-state index contributed by atoms with van der Waals surface area (Å²) in [5.41, 5.74) is 6.57. The van der Waals surface area contributed by atoms with Crippen LogP contribution in [-0.2, 0) is 15.7 Å². The number of rotatable bonds is 3. The lowest BCUT2D eigenvalue weighted by molar-refractivity contribution is -0.120. The zero-order valence-electron chi connectivity index (χ0n) is 15.4. The van der Waals surface area contributed by atoms with Gasteiger partial charge in [0.25, 0.3) is 0 Å². The molecule has 130 valence electrons. The Morgan fingerprint density at radius 1 is 1.30 bits per heavy atom. The van der Waals surface area contributed by atoms with Gasteiger partial charge in [-0.05, 0) is 46.1 Å². The molecule has 1 saturated carbocycles. The van der Waals surface area contributed by atoms with E-state index in [1.807, 2.05) is 10.7 Å². The van der Waals surface area contributed by atoms with Gasteiger partial charge in [0.05, 0.1) is 11.2 Å². The first-order chi connectivity index (χ1) is 10.5. The number of hydrogen-bond donors (Lipinski definition) is 2. The van der Waals surface area contributed by atoms with Crippen molar-refractivity contribution in [2.45, 2.75) is 71.8 Å². The molecule has 1 aliphatic rings. The molecular weight excluding hydrogens is 288 g/mol. The summed E-state index contributed by atoms with van der Waals surface area (Å²) >= 11 is 0. The Morgan fingerprint density at radius 2 is 1.96 bits per heavy atom. The van der Waals surface area contributed by atoms with Gasteiger partial charge in [0.15, 0.2) is 0 Å². The molecule has 1 amide bonds. The van der Waals surface area contributed by atoms with Crippen molar-refractivity contribution in [3.8, 4) is 0 Å². The highest BCUT2D eigenvalue weighted by Crippen LogP contribution is 2.33. The van der Waals surface area contributed by atoms with Gasteiger partial charge in [0.2, 0.25) is 5.91 Å². The highest BCUT2D eigenvalue weighted by Gasteiger charge is 2.33. The molecule has 1 fully saturated rings. The number of hydrogen-bond acceptors (Lipinski definition) is 3. The van der Waals surface area contributed by atoms with Gasteiger partial charge in [-0.25, -0.2) is 4.68 Å². The highest BCUT2D eigenvalue weighted by atomic mass is 16.2. The first kappa shape index (κ1) is 18.0. The smallest absolute Gasteiger partial charge is 0.228 e. The second-order valence-electron chi connectivity index (χ2n) is 8.77. The predicted octanol–water partition coefficient (Wildman–Crippen LogP) is 3.25. The maximum atomic E-state index is 12.7. The number of aromatic nitrogens is 2. The summed E-state index contributed by atoms with van der Waals surface area (Å²) in [6.07, 6.45) is 3.08. The average Bonchev–Trinajstić information content (AvgIpc) is 3.02. The number of nitrogens with two attached hydrogens (primary N) is 1. The van der Waals surface area contributed by atoms with Crippen molar-refractivity contribution in [3.63, 3.8) is 0 Å². The molecule has 1 aromatic rings. The fraction of sp³-hybridized carbons (Fsp3) is 0.778. The fourth-order valence-electron chi connectivity index (χ4n) is 3.23. The van der Waals surface area contributed by atoms with E-state index in [4.69, 9.17) is 10.8 Å². The maximum absolute atomic E-state index is 12.7. The molecule has 3 N–H and O–H groups in total. The zero-order valence-corrected chi connectivity index (χ0v) is 15.4. The largest absolute Gasteiger partial charge is 0.330 e. The van der Waals surface area contributed by atoms with E-state index in [0.717, 1.165) is 30.8 Å². The summed E-state index contributed by atoms with van der Waals surface area (Å²) < 4.78 is 1.93. The van der Waals surface area contributed by atoms with Crippen molar-refractivity contribution < 1.29 is 4.79 Å². The monoisotopic (exact) mass is 320 g/mol. The molecule has 5 heteroatoms. The highest BCUT2D eigenvalue weighted by molar-refractivity contribution is 5.92. The summed E-state index contributed by atoms with van der Waals surface area (Å²) in [6, 6.07) is 2.01. The van der Waals surface area contributed by atoms with Crippen LogP contribution in [0.15, 0.2) is 6.07 Å². The van der Waals surface area contributed by atoms with E-state index in [0.29, 0.717) is 12.5 Å². The number of carbonyl (C=O) groups is 1. The molecule has 0 aliphatic heterocycles. The van der Waals surface area contributed by atoms with Crippen LogP contribution in [0, 0.1) is 11.8 Å². The molecule has 2 rings (SSSR count). The van der Waals surface area contributed by atoms with Crippen LogP contribution in [0.25, 0.3) is 0 Å². The fourth-order valence-corrected chi connectivity index (χ4v) is 3.23. The molecule has 0 unspecified atom stereocenters. The molecule has 0 saturated heterocycles. The third kappa shape index (κ3) is 3.94. The van der Waals surface area contributed by atoms with E-state index in [-0.39, 0.29) is 22.8 Å². The topological polar surface area (TPSA) is 72.9 Å². The molecule has 23 heavy (non-hydrogen) atoms. The van der Waals surface area contributed by atoms with Crippen LogP contribution in [0.5, 0.6) is 0 Å². The van der Waals surface area contributed by atoms with E-state index < -0.39 is 0 Å². The van der Waals surface area contributed by atoms with Crippen molar-refractivity contribution in [1.82, 2.24) is 9.78 Å². The SMILES string of the molecule is CC(C)(C)c1cc(NC(=O)[C@@H]2CCC[C@@H]2CN)n(C(C)(C)C)n1. The normalized spacial score (nSPS) is 22.4. The minimum Gasteiger partial charge on any atom is -0.330 e. The number of carbonyl (C=O) groups excluding carboxylic acids is 1. The van der Waals surface area contributed by atoms with Gasteiger partial charge >= 0.3 is 0 Å². The number of amides is 1. The van der Waals surface area contributed by atoms with Crippen LogP contribution < -0.4 is 11.1 Å². The van der Waals surface area contributed by atoms with E-state index in [2.05, 4.69) is 46.9 Å². The molecular formula is C18H32N4O. The van der Waals surface area contributed by atoms with Gasteiger partial charge in [-0.2, -0.15) is 5.10 Å². The lowest BCUT2D eigenvalue weighted by atomic mass is 9.92. The van der Waals surface area contributed by atoms with Gasteiger partial charge < -0.3 is 11.1 Å². The number of nitrogens with one attached hydrogen (secondary N) is 1. The van der Waals surface area contributed by atoms with E-state index in [1.54, 1.807) is 0 Å². The molecule has 1 aliphatic carbocycles. The van der Waals surface area contributed by atoms with Crippen LogP contribution in [0.4, 0.5) is 5.82 Å².